The molecule has 2 aromatic rings. The molecule has 2 nitrogen and oxygen atoms in total. The minimum absolute atomic E-state index is 0.0294. The normalized spacial score (nSPS) is 15.0. The quantitative estimate of drug-likeness (QED) is 0.245. The Bertz CT molecular complexity index is 1070. The van der Waals surface area contributed by atoms with E-state index in [1.807, 2.05) is 0 Å². The first kappa shape index (κ1) is 33.0. The van der Waals surface area contributed by atoms with Crippen LogP contribution in [0.2, 0.25) is 0 Å². The van der Waals surface area contributed by atoms with Crippen LogP contribution in [0.15, 0.2) is 24.3 Å². The van der Waals surface area contributed by atoms with Gasteiger partial charge in [0.2, 0.25) is 0 Å². The summed E-state index contributed by atoms with van der Waals surface area (Å²) < 4.78 is 14.1. The van der Waals surface area contributed by atoms with E-state index in [1.54, 1.807) is 0 Å². The number of benzene rings is 2. The molecule has 3 rings (SSSR count). The lowest BCUT2D eigenvalue weighted by Crippen LogP contribution is -2.22. The first-order valence-electron chi connectivity index (χ1n) is 15.8. The number of hydrogen-bond donors (Lipinski definition) is 0. The van der Waals surface area contributed by atoms with Crippen LogP contribution in [0.4, 0.5) is 0 Å². The molecule has 2 aromatic carbocycles. The van der Waals surface area contributed by atoms with Crippen molar-refractivity contribution in [2.45, 2.75) is 157 Å². The molecule has 224 valence electrons. The van der Waals surface area contributed by atoms with Gasteiger partial charge in [0.1, 0.15) is 11.5 Å². The van der Waals surface area contributed by atoms with Crippen molar-refractivity contribution >= 4 is 8.38 Å². The molecule has 1 heterocycles. The molecule has 0 saturated heterocycles. The van der Waals surface area contributed by atoms with Gasteiger partial charge in [0.25, 0.3) is 8.38 Å². The number of fused-ring (bicyclic) bond motifs is 2. The minimum Gasteiger partial charge on any atom is -0.438 e. The second-order valence-electron chi connectivity index (χ2n) is 16.2. The van der Waals surface area contributed by atoms with Gasteiger partial charge in [0.15, 0.2) is 0 Å². The molecule has 1 aliphatic rings. The second-order valence-corrected chi connectivity index (χ2v) is 17.7. The SMILES string of the molecule is CCCCCCCCP1Oc2c(cc(C(C)(C)C)cc2C(C)(C)C)Cc2cc(C(C)(C)C)cc(C(C)(C)C)c2O1. The van der Waals surface area contributed by atoms with Crippen molar-refractivity contribution in [2.75, 3.05) is 6.16 Å². The van der Waals surface area contributed by atoms with Crippen LogP contribution in [0.3, 0.4) is 0 Å². The number of hydrogen-bond acceptors (Lipinski definition) is 2. The smallest absolute Gasteiger partial charge is 0.290 e. The Morgan fingerprint density at radius 1 is 0.550 bits per heavy atom. The molecule has 0 spiro atoms. The van der Waals surface area contributed by atoms with Gasteiger partial charge < -0.3 is 9.05 Å². The van der Waals surface area contributed by atoms with Gasteiger partial charge in [-0.3, -0.25) is 0 Å². The Morgan fingerprint density at radius 3 is 1.32 bits per heavy atom. The Kier molecular flexibility index (Phi) is 10.2. The van der Waals surface area contributed by atoms with Crippen molar-refractivity contribution < 1.29 is 9.05 Å². The Labute approximate surface area is 249 Å². The van der Waals surface area contributed by atoms with E-state index in [0.29, 0.717) is 0 Å². The van der Waals surface area contributed by atoms with Crippen LogP contribution in [0.5, 0.6) is 11.5 Å². The summed E-state index contributed by atoms with van der Waals surface area (Å²) in [6, 6.07) is 9.68. The Morgan fingerprint density at radius 2 is 0.950 bits per heavy atom. The third-order valence-electron chi connectivity index (χ3n) is 8.14. The zero-order valence-electron chi connectivity index (χ0n) is 28.2. The molecule has 0 N–H and O–H groups in total. The Hall–Kier alpha value is -1.53. The summed E-state index contributed by atoms with van der Waals surface area (Å²) >= 11 is 0. The van der Waals surface area contributed by atoms with Crippen LogP contribution in [-0.4, -0.2) is 6.16 Å². The Balaban J connectivity index is 2.23. The lowest BCUT2D eigenvalue weighted by Gasteiger charge is -2.35. The highest BCUT2D eigenvalue weighted by molar-refractivity contribution is 7.48. The average Bonchev–Trinajstić information content (AvgIpc) is 2.78. The maximum absolute atomic E-state index is 7.05. The molecule has 0 aromatic heterocycles. The van der Waals surface area contributed by atoms with Crippen molar-refractivity contribution in [3.63, 3.8) is 0 Å². The summed E-state index contributed by atoms with van der Waals surface area (Å²) in [6.07, 6.45) is 9.43. The summed E-state index contributed by atoms with van der Waals surface area (Å²) in [4.78, 5) is 0. The van der Waals surface area contributed by atoms with Crippen LogP contribution < -0.4 is 9.05 Å². The fraction of sp³-hybridized carbons (Fsp3) is 0.676. The number of rotatable bonds is 7. The zero-order valence-corrected chi connectivity index (χ0v) is 29.1. The monoisotopic (exact) mass is 566 g/mol. The second kappa shape index (κ2) is 12.4. The molecule has 0 aliphatic carbocycles. The van der Waals surface area contributed by atoms with Crippen molar-refractivity contribution in [1.82, 2.24) is 0 Å². The number of unbranched alkanes of at least 4 members (excludes halogenated alkanes) is 5. The van der Waals surface area contributed by atoms with Crippen molar-refractivity contribution in [2.24, 2.45) is 0 Å². The zero-order chi connectivity index (χ0) is 30.1. The molecular formula is C37H59O2P. The van der Waals surface area contributed by atoms with Crippen LogP contribution in [-0.2, 0) is 28.1 Å². The fourth-order valence-corrected chi connectivity index (χ4v) is 6.92. The van der Waals surface area contributed by atoms with Gasteiger partial charge in [-0.1, -0.05) is 146 Å². The first-order chi connectivity index (χ1) is 18.3. The van der Waals surface area contributed by atoms with E-state index < -0.39 is 8.38 Å². The summed E-state index contributed by atoms with van der Waals surface area (Å²) in [5.74, 6) is 2.14. The fourth-order valence-electron chi connectivity index (χ4n) is 5.38. The summed E-state index contributed by atoms with van der Waals surface area (Å²) in [6.45, 7) is 30.1. The first-order valence-corrected chi connectivity index (χ1v) is 17.2. The van der Waals surface area contributed by atoms with Crippen LogP contribution in [0.25, 0.3) is 0 Å². The van der Waals surface area contributed by atoms with Gasteiger partial charge >= 0.3 is 0 Å². The third-order valence-corrected chi connectivity index (χ3v) is 9.59. The maximum Gasteiger partial charge on any atom is 0.290 e. The van der Waals surface area contributed by atoms with Crippen LogP contribution in [0.1, 0.15) is 162 Å². The molecule has 0 saturated carbocycles. The van der Waals surface area contributed by atoms with Crippen LogP contribution in [0, 0.1) is 0 Å². The van der Waals surface area contributed by atoms with Crippen LogP contribution >= 0.6 is 8.38 Å². The van der Waals surface area contributed by atoms with Gasteiger partial charge in [-0.25, -0.2) is 0 Å². The average molecular weight is 567 g/mol. The predicted molar refractivity (Wildman–Crippen MR) is 177 cm³/mol. The molecule has 0 radical (unpaired) electrons. The third kappa shape index (κ3) is 8.27. The van der Waals surface area contributed by atoms with E-state index in [-0.39, 0.29) is 21.7 Å². The summed E-state index contributed by atoms with van der Waals surface area (Å²) in [5, 5.41) is 0. The van der Waals surface area contributed by atoms with Gasteiger partial charge in [-0.15, -0.1) is 0 Å². The molecule has 1 aliphatic heterocycles. The lowest BCUT2D eigenvalue weighted by atomic mass is 9.76. The molecular weight excluding hydrogens is 507 g/mol. The topological polar surface area (TPSA) is 18.5 Å². The van der Waals surface area contributed by atoms with Crippen molar-refractivity contribution in [3.05, 3.63) is 57.6 Å². The molecule has 0 bridgehead atoms. The lowest BCUT2D eigenvalue weighted by molar-refractivity contribution is 0.443. The van der Waals surface area contributed by atoms with Crippen molar-refractivity contribution in [3.8, 4) is 11.5 Å². The van der Waals surface area contributed by atoms with Gasteiger partial charge in [0, 0.05) is 23.7 Å². The minimum atomic E-state index is -1.12. The van der Waals surface area contributed by atoms with E-state index in [9.17, 15) is 0 Å². The highest BCUT2D eigenvalue weighted by atomic mass is 31.2. The van der Waals surface area contributed by atoms with E-state index >= 15 is 0 Å². The largest absolute Gasteiger partial charge is 0.438 e. The predicted octanol–water partition coefficient (Wildman–Crippen LogP) is 11.9. The molecule has 0 amide bonds. The van der Waals surface area contributed by atoms with E-state index in [1.165, 1.54) is 65.5 Å². The van der Waals surface area contributed by atoms with E-state index in [4.69, 9.17) is 9.05 Å². The standard InChI is InChI=1S/C37H59O2P/c1-14-15-16-17-18-19-20-40-38-32-26(22-28(34(2,3)4)24-30(32)36(8,9)10)21-27-23-29(35(5,6)7)25-31(33(27)39-40)37(11,12)13/h22-25H,14-21H2,1-13H3. The molecule has 3 heteroatoms. The molecule has 0 unspecified atom stereocenters. The summed E-state index contributed by atoms with van der Waals surface area (Å²) in [7, 11) is -1.12. The summed E-state index contributed by atoms with van der Waals surface area (Å²) in [5.41, 5.74) is 8.05. The highest BCUT2D eigenvalue weighted by Gasteiger charge is 2.34. The van der Waals surface area contributed by atoms with Gasteiger partial charge in [-0.05, 0) is 50.3 Å². The molecule has 40 heavy (non-hydrogen) atoms. The van der Waals surface area contributed by atoms with Crippen molar-refractivity contribution in [1.29, 1.82) is 0 Å². The van der Waals surface area contributed by atoms with Gasteiger partial charge in [0.05, 0.1) is 0 Å². The van der Waals surface area contributed by atoms with E-state index in [0.717, 1.165) is 30.5 Å². The van der Waals surface area contributed by atoms with E-state index in [2.05, 4.69) is 114 Å². The highest BCUT2D eigenvalue weighted by Crippen LogP contribution is 2.53. The molecule has 0 fully saturated rings. The molecule has 0 atom stereocenters. The maximum atomic E-state index is 7.05. The van der Waals surface area contributed by atoms with Gasteiger partial charge in [-0.2, -0.15) is 0 Å².